The van der Waals surface area contributed by atoms with E-state index in [1.165, 1.54) is 0 Å². The van der Waals surface area contributed by atoms with E-state index in [2.05, 4.69) is 15.2 Å². The quantitative estimate of drug-likeness (QED) is 0.840. The maximum atomic E-state index is 12.1. The fourth-order valence-electron chi connectivity index (χ4n) is 1.71. The minimum Gasteiger partial charge on any atom is -0.333 e. The van der Waals surface area contributed by atoms with Crippen LogP contribution in [0.5, 0.6) is 0 Å². The molecule has 16 heavy (non-hydrogen) atoms. The molecule has 1 fully saturated rings. The molecule has 1 N–H and O–H groups in total. The fraction of sp³-hybridized carbons (Fsp3) is 0.727. The predicted octanol–water partition coefficient (Wildman–Crippen LogP) is 1.55. The second kappa shape index (κ2) is 4.23. The number of nitrogens with one attached hydrogen (secondary N) is 1. The van der Waals surface area contributed by atoms with E-state index >= 15 is 0 Å². The molecule has 1 heterocycles. The van der Waals surface area contributed by atoms with Gasteiger partial charge in [0.05, 0.1) is 0 Å². The van der Waals surface area contributed by atoms with Gasteiger partial charge in [-0.25, -0.2) is 4.98 Å². The minimum absolute atomic E-state index is 0.0480. The number of rotatable bonds is 4. The van der Waals surface area contributed by atoms with Crippen molar-refractivity contribution in [2.45, 2.75) is 45.6 Å². The molecule has 5 heteroatoms. The predicted molar refractivity (Wildman–Crippen MR) is 60.2 cm³/mol. The van der Waals surface area contributed by atoms with E-state index in [-0.39, 0.29) is 11.8 Å². The van der Waals surface area contributed by atoms with Crippen molar-refractivity contribution in [1.29, 1.82) is 0 Å². The van der Waals surface area contributed by atoms with Gasteiger partial charge in [-0.15, -0.1) is 5.10 Å². The third-order valence-electron chi connectivity index (χ3n) is 2.83. The zero-order valence-electron chi connectivity index (χ0n) is 10.0. The first-order valence-electron chi connectivity index (χ1n) is 5.86. The van der Waals surface area contributed by atoms with Crippen molar-refractivity contribution in [1.82, 2.24) is 20.1 Å². The summed E-state index contributed by atoms with van der Waals surface area (Å²) in [5.41, 5.74) is 0. The van der Waals surface area contributed by atoms with Crippen molar-refractivity contribution < 1.29 is 4.79 Å². The molecule has 1 saturated carbocycles. The van der Waals surface area contributed by atoms with Crippen LogP contribution in [0.3, 0.4) is 0 Å². The average molecular weight is 222 g/mol. The van der Waals surface area contributed by atoms with Crippen LogP contribution in [0.2, 0.25) is 0 Å². The molecule has 1 aromatic heterocycles. The topological polar surface area (TPSA) is 61.9 Å². The molecule has 1 aromatic rings. The van der Waals surface area contributed by atoms with Crippen LogP contribution in [0.4, 0.5) is 0 Å². The average Bonchev–Trinajstić information content (AvgIpc) is 2.96. The largest absolute Gasteiger partial charge is 0.333 e. The molecule has 0 saturated heterocycles. The number of hydrogen-bond acceptors (Lipinski definition) is 3. The van der Waals surface area contributed by atoms with Crippen molar-refractivity contribution in [3.05, 3.63) is 11.6 Å². The van der Waals surface area contributed by atoms with Crippen molar-refractivity contribution >= 4 is 5.91 Å². The molecule has 1 aliphatic carbocycles. The summed E-state index contributed by atoms with van der Waals surface area (Å²) in [4.78, 5) is 18.2. The van der Waals surface area contributed by atoms with Crippen LogP contribution in [0.15, 0.2) is 0 Å². The number of nitrogens with zero attached hydrogens (tertiary/aromatic N) is 3. The molecule has 88 valence electrons. The van der Waals surface area contributed by atoms with Gasteiger partial charge in [0.15, 0.2) is 0 Å². The van der Waals surface area contributed by atoms with Crippen LogP contribution in [0.25, 0.3) is 0 Å². The molecule has 1 amide bonds. The van der Waals surface area contributed by atoms with Gasteiger partial charge in [-0.2, -0.15) is 0 Å². The van der Waals surface area contributed by atoms with Crippen LogP contribution >= 0.6 is 0 Å². The van der Waals surface area contributed by atoms with E-state index in [9.17, 15) is 4.79 Å². The second-order valence-electron chi connectivity index (χ2n) is 4.52. The van der Waals surface area contributed by atoms with Crippen LogP contribution in [0.1, 0.15) is 56.0 Å². The van der Waals surface area contributed by atoms with Gasteiger partial charge in [-0.05, 0) is 19.8 Å². The lowest BCUT2D eigenvalue weighted by Crippen LogP contribution is -2.33. The van der Waals surface area contributed by atoms with Crippen molar-refractivity contribution in [3.63, 3.8) is 0 Å². The van der Waals surface area contributed by atoms with Gasteiger partial charge in [0.2, 0.25) is 5.82 Å². The van der Waals surface area contributed by atoms with Gasteiger partial charge in [0, 0.05) is 18.5 Å². The normalized spacial score (nSPS) is 15.5. The van der Waals surface area contributed by atoms with E-state index < -0.39 is 0 Å². The van der Waals surface area contributed by atoms with Crippen LogP contribution < -0.4 is 0 Å². The molecule has 5 nitrogen and oxygen atoms in total. The monoisotopic (exact) mass is 222 g/mol. The summed E-state index contributed by atoms with van der Waals surface area (Å²) in [6.45, 7) is 6.77. The Bertz CT molecular complexity index is 381. The second-order valence-corrected chi connectivity index (χ2v) is 4.52. The van der Waals surface area contributed by atoms with E-state index in [0.717, 1.165) is 25.2 Å². The molecule has 0 unspecified atom stereocenters. The Morgan fingerprint density at radius 1 is 1.56 bits per heavy atom. The summed E-state index contributed by atoms with van der Waals surface area (Å²) in [6, 6.07) is 0.415. The number of amides is 1. The Labute approximate surface area is 95.2 Å². The van der Waals surface area contributed by atoms with E-state index in [0.29, 0.717) is 11.9 Å². The standard InChI is InChI=1S/C11H18N4O/c1-4-15(8-5-6-8)11(16)10-12-9(7(2)3)13-14-10/h7-8H,4-6H2,1-3H3,(H,12,13,14). The van der Waals surface area contributed by atoms with Gasteiger partial charge in [0.1, 0.15) is 5.82 Å². The van der Waals surface area contributed by atoms with Gasteiger partial charge >= 0.3 is 0 Å². The number of H-pyrrole nitrogens is 1. The molecule has 2 rings (SSSR count). The molecular formula is C11H18N4O. The SMILES string of the molecule is CCN(C(=O)c1n[nH]c(C(C)C)n1)C1CC1. The van der Waals surface area contributed by atoms with Crippen molar-refractivity contribution in [3.8, 4) is 0 Å². The third kappa shape index (κ3) is 2.08. The first-order chi connectivity index (χ1) is 7.63. The van der Waals surface area contributed by atoms with Gasteiger partial charge in [-0.3, -0.25) is 9.89 Å². The van der Waals surface area contributed by atoms with Crippen LogP contribution in [-0.2, 0) is 0 Å². The first-order valence-corrected chi connectivity index (χ1v) is 5.86. The third-order valence-corrected chi connectivity index (χ3v) is 2.83. The number of carbonyl (C=O) groups excluding carboxylic acids is 1. The van der Waals surface area contributed by atoms with E-state index in [1.807, 2.05) is 25.7 Å². The highest BCUT2D eigenvalue weighted by Crippen LogP contribution is 2.27. The highest BCUT2D eigenvalue weighted by molar-refractivity contribution is 5.90. The zero-order valence-corrected chi connectivity index (χ0v) is 10.0. The lowest BCUT2D eigenvalue weighted by atomic mass is 10.2. The van der Waals surface area contributed by atoms with Crippen LogP contribution in [0, 0.1) is 0 Å². The summed E-state index contributed by atoms with van der Waals surface area (Å²) in [6.07, 6.45) is 2.22. The van der Waals surface area contributed by atoms with Crippen molar-refractivity contribution in [2.75, 3.05) is 6.54 Å². The van der Waals surface area contributed by atoms with Gasteiger partial charge < -0.3 is 4.90 Å². The maximum absolute atomic E-state index is 12.1. The minimum atomic E-state index is -0.0480. The number of aromatic nitrogens is 3. The molecule has 0 radical (unpaired) electrons. The highest BCUT2D eigenvalue weighted by Gasteiger charge is 2.33. The molecule has 0 aromatic carbocycles. The number of aromatic amines is 1. The molecule has 0 spiro atoms. The van der Waals surface area contributed by atoms with Crippen LogP contribution in [-0.4, -0.2) is 38.6 Å². The van der Waals surface area contributed by atoms with E-state index in [4.69, 9.17) is 0 Å². The Kier molecular flexibility index (Phi) is 2.94. The molecule has 0 aliphatic heterocycles. The lowest BCUT2D eigenvalue weighted by Gasteiger charge is -2.17. The highest BCUT2D eigenvalue weighted by atomic mass is 16.2. The molecular weight excluding hydrogens is 204 g/mol. The first kappa shape index (κ1) is 11.1. The molecule has 0 atom stereocenters. The molecule has 0 bridgehead atoms. The van der Waals surface area contributed by atoms with Gasteiger partial charge in [-0.1, -0.05) is 13.8 Å². The molecule has 1 aliphatic rings. The number of hydrogen-bond donors (Lipinski definition) is 1. The Hall–Kier alpha value is -1.39. The lowest BCUT2D eigenvalue weighted by molar-refractivity contribution is 0.0740. The Morgan fingerprint density at radius 3 is 2.69 bits per heavy atom. The fourth-order valence-corrected chi connectivity index (χ4v) is 1.71. The van der Waals surface area contributed by atoms with Gasteiger partial charge in [0.25, 0.3) is 5.91 Å². The Morgan fingerprint density at radius 2 is 2.25 bits per heavy atom. The summed E-state index contributed by atoms with van der Waals surface area (Å²) < 4.78 is 0. The zero-order chi connectivity index (χ0) is 11.7. The maximum Gasteiger partial charge on any atom is 0.293 e. The van der Waals surface area contributed by atoms with E-state index in [1.54, 1.807) is 0 Å². The smallest absolute Gasteiger partial charge is 0.293 e. The summed E-state index contributed by atoms with van der Waals surface area (Å²) in [7, 11) is 0. The summed E-state index contributed by atoms with van der Waals surface area (Å²) in [5.74, 6) is 1.30. The summed E-state index contributed by atoms with van der Waals surface area (Å²) >= 11 is 0. The summed E-state index contributed by atoms with van der Waals surface area (Å²) in [5, 5.41) is 6.80. The Balaban J connectivity index is 2.12. The number of carbonyl (C=O) groups is 1. The van der Waals surface area contributed by atoms with Crippen molar-refractivity contribution in [2.24, 2.45) is 0 Å².